The molecule has 0 fully saturated rings. The van der Waals surface area contributed by atoms with Crippen LogP contribution in [0.2, 0.25) is 0 Å². The molecule has 0 aliphatic carbocycles. The average molecular weight is 246 g/mol. The first-order chi connectivity index (χ1) is 7.17. The van der Waals surface area contributed by atoms with E-state index in [1.165, 1.54) is 0 Å². The molecule has 2 N–H and O–H groups in total. The van der Waals surface area contributed by atoms with E-state index in [0.717, 1.165) is 6.08 Å². The molecule has 92 valence electrons. The Kier molecular flexibility index (Phi) is 4.39. The third kappa shape index (κ3) is 3.48. The maximum absolute atomic E-state index is 13.5. The number of carbonyl (C=O) groups is 1. The van der Waals surface area contributed by atoms with Crippen LogP contribution in [-0.2, 0) is 9.53 Å². The lowest BCUT2D eigenvalue weighted by Crippen LogP contribution is -2.46. The van der Waals surface area contributed by atoms with E-state index in [2.05, 4.69) is 17.0 Å². The summed E-state index contributed by atoms with van der Waals surface area (Å²) in [6.45, 7) is 2.99. The van der Waals surface area contributed by atoms with Crippen molar-refractivity contribution in [3.05, 3.63) is 12.7 Å². The van der Waals surface area contributed by atoms with Gasteiger partial charge in [-0.15, -0.1) is 6.58 Å². The van der Waals surface area contributed by atoms with Crippen molar-refractivity contribution in [1.82, 2.24) is 0 Å². The zero-order chi connectivity index (χ0) is 13.0. The van der Waals surface area contributed by atoms with Gasteiger partial charge in [0, 0.05) is 6.42 Å². The number of hydrogen-bond acceptors (Lipinski definition) is 3. The molecule has 0 aliphatic rings. The average Bonchev–Trinajstić information content (AvgIpc) is 2.15. The first-order valence-electron chi connectivity index (χ1n) is 3.72. The van der Waals surface area contributed by atoms with E-state index in [9.17, 15) is 26.8 Å². The number of esters is 1. The zero-order valence-electron chi connectivity index (χ0n) is 7.72. The molecule has 0 heterocycles. The normalized spacial score (nSPS) is 16.4. The zero-order valence-corrected chi connectivity index (χ0v) is 7.72. The number of hydrogen-bond donors (Lipinski definition) is 1. The smallest absolute Gasteiger partial charge is 0.414 e. The van der Waals surface area contributed by atoms with Gasteiger partial charge >= 0.3 is 18.0 Å². The molecule has 0 rings (SSSR count). The van der Waals surface area contributed by atoms with Crippen molar-refractivity contribution in [3.63, 3.8) is 0 Å². The third-order valence-electron chi connectivity index (χ3n) is 1.37. The number of nitrogens with two attached hydrogens (primary N) is 1. The minimum Gasteiger partial charge on any atom is -0.414 e. The maximum atomic E-state index is 13.5. The fourth-order valence-electron chi connectivity index (χ4n) is 0.652. The maximum Gasteiger partial charge on any atom is 0.491 e. The van der Waals surface area contributed by atoms with Gasteiger partial charge in [0.1, 0.15) is 0 Å². The number of carbonyl (C=O) groups excluding carboxylic acids is 1. The number of alkyl halides is 4. The first-order valence-corrected chi connectivity index (χ1v) is 3.72. The molecule has 0 aromatic heterocycles. The van der Waals surface area contributed by atoms with E-state index in [-0.39, 0.29) is 0 Å². The van der Waals surface area contributed by atoms with Crippen LogP contribution in [0, 0.1) is 0 Å². The van der Waals surface area contributed by atoms with Crippen LogP contribution < -0.4 is 5.73 Å². The fourth-order valence-corrected chi connectivity index (χ4v) is 0.652. The van der Waals surface area contributed by atoms with Crippen molar-refractivity contribution in [1.29, 1.82) is 0 Å². The van der Waals surface area contributed by atoms with Crippen LogP contribution in [0.1, 0.15) is 6.42 Å². The van der Waals surface area contributed by atoms with Crippen LogP contribution in [0.5, 0.6) is 0 Å². The molecule has 0 aliphatic heterocycles. The number of nitrogens with zero attached hydrogens (tertiary/aromatic N) is 1. The quantitative estimate of drug-likeness (QED) is 0.269. The number of amidine groups is 1. The monoisotopic (exact) mass is 246 g/mol. The first kappa shape index (κ1) is 14.3. The van der Waals surface area contributed by atoms with E-state index in [0.29, 0.717) is 0 Å². The van der Waals surface area contributed by atoms with Crippen LogP contribution in [0.25, 0.3) is 0 Å². The fraction of sp³-hybridized carbons (Fsp3) is 0.429. The lowest BCUT2D eigenvalue weighted by molar-refractivity contribution is -0.219. The van der Waals surface area contributed by atoms with Gasteiger partial charge in [-0.05, 0) is 0 Å². The van der Waals surface area contributed by atoms with Gasteiger partial charge in [-0.3, -0.25) is 0 Å². The standard InChI is InChI=1S/C7H7F5N2O2/c1-2-3-6(8,4(13)14-12)16-5(15)7(9,10)11/h2H,1,3H2,(H2,13,14). The van der Waals surface area contributed by atoms with Gasteiger partial charge in [0.25, 0.3) is 0 Å². The Labute approximate surface area is 86.5 Å². The Morgan fingerprint density at radius 3 is 2.25 bits per heavy atom. The predicted octanol–water partition coefficient (Wildman–Crippen LogP) is 1.58. The largest absolute Gasteiger partial charge is 0.491 e. The summed E-state index contributed by atoms with van der Waals surface area (Å²) in [6, 6.07) is 0. The molecule has 0 bridgehead atoms. The van der Waals surface area contributed by atoms with E-state index >= 15 is 0 Å². The molecule has 0 spiro atoms. The van der Waals surface area contributed by atoms with Crippen LogP contribution in [-0.4, -0.2) is 23.8 Å². The third-order valence-corrected chi connectivity index (χ3v) is 1.37. The highest BCUT2D eigenvalue weighted by atomic mass is 19.4. The summed E-state index contributed by atoms with van der Waals surface area (Å²) in [4.78, 5) is 10.3. The minimum absolute atomic E-state index is 0.752. The molecule has 0 aromatic carbocycles. The molecule has 0 aromatic rings. The van der Waals surface area contributed by atoms with Crippen LogP contribution in [0.3, 0.4) is 0 Å². The summed E-state index contributed by atoms with van der Waals surface area (Å²) < 4.78 is 63.8. The van der Waals surface area contributed by atoms with E-state index < -0.39 is 30.3 Å². The Morgan fingerprint density at radius 1 is 1.44 bits per heavy atom. The Balaban J connectivity index is 4.97. The summed E-state index contributed by atoms with van der Waals surface area (Å²) in [7, 11) is 0. The van der Waals surface area contributed by atoms with Crippen molar-refractivity contribution >= 4 is 11.8 Å². The van der Waals surface area contributed by atoms with Crippen LogP contribution in [0.15, 0.2) is 17.9 Å². The Hall–Kier alpha value is -1.67. The second-order valence-corrected chi connectivity index (χ2v) is 2.58. The van der Waals surface area contributed by atoms with E-state index in [1.807, 2.05) is 0 Å². The van der Waals surface area contributed by atoms with Crippen molar-refractivity contribution in [2.45, 2.75) is 18.5 Å². The number of rotatable bonds is 4. The molecule has 1 atom stereocenters. The molecule has 16 heavy (non-hydrogen) atoms. The van der Waals surface area contributed by atoms with Crippen molar-refractivity contribution in [3.8, 4) is 0 Å². The molecular formula is C7H7F5N2O2. The molecular weight excluding hydrogens is 239 g/mol. The highest BCUT2D eigenvalue weighted by Crippen LogP contribution is 2.25. The molecule has 0 saturated heterocycles. The number of ether oxygens (including phenoxy) is 1. The van der Waals surface area contributed by atoms with Gasteiger partial charge in [-0.1, -0.05) is 15.8 Å². The molecule has 4 nitrogen and oxygen atoms in total. The highest BCUT2D eigenvalue weighted by molar-refractivity contribution is 5.90. The van der Waals surface area contributed by atoms with Crippen molar-refractivity contribution in [2.75, 3.05) is 0 Å². The van der Waals surface area contributed by atoms with Crippen LogP contribution >= 0.6 is 0 Å². The second-order valence-electron chi connectivity index (χ2n) is 2.58. The van der Waals surface area contributed by atoms with Gasteiger partial charge in [-0.2, -0.15) is 17.6 Å². The molecule has 1 unspecified atom stereocenters. The van der Waals surface area contributed by atoms with E-state index in [1.54, 1.807) is 5.21 Å². The summed E-state index contributed by atoms with van der Waals surface area (Å²) in [5, 5.41) is 1.64. The SMILES string of the molecule is C=CCC(F)(OC(=O)C(F)(F)F)/C(N)=N/F. The highest BCUT2D eigenvalue weighted by Gasteiger charge is 2.48. The minimum atomic E-state index is -5.42. The molecule has 0 amide bonds. The van der Waals surface area contributed by atoms with Gasteiger partial charge in [0.2, 0.25) is 5.84 Å². The molecule has 0 radical (unpaired) electrons. The summed E-state index contributed by atoms with van der Waals surface area (Å²) in [5.41, 5.74) is 4.64. The summed E-state index contributed by atoms with van der Waals surface area (Å²) in [5.74, 6) is -7.88. The van der Waals surface area contributed by atoms with Gasteiger partial charge in [-0.25, -0.2) is 4.79 Å². The molecule has 0 saturated carbocycles. The van der Waals surface area contributed by atoms with Crippen LogP contribution in [0.4, 0.5) is 22.0 Å². The van der Waals surface area contributed by atoms with Gasteiger partial charge < -0.3 is 10.5 Å². The Morgan fingerprint density at radius 2 is 1.94 bits per heavy atom. The van der Waals surface area contributed by atoms with Crippen molar-refractivity contribution < 1.29 is 31.6 Å². The molecule has 9 heteroatoms. The Bertz CT molecular complexity index is 314. The van der Waals surface area contributed by atoms with Gasteiger partial charge in [0.05, 0.1) is 0 Å². The van der Waals surface area contributed by atoms with E-state index in [4.69, 9.17) is 0 Å². The summed E-state index contributed by atoms with van der Waals surface area (Å²) >= 11 is 0. The second kappa shape index (κ2) is 4.90. The lowest BCUT2D eigenvalue weighted by Gasteiger charge is -2.22. The topological polar surface area (TPSA) is 64.7 Å². The van der Waals surface area contributed by atoms with Crippen molar-refractivity contribution in [2.24, 2.45) is 10.9 Å². The van der Waals surface area contributed by atoms with Gasteiger partial charge in [0.15, 0.2) is 0 Å². The predicted molar refractivity (Wildman–Crippen MR) is 43.5 cm³/mol. The lowest BCUT2D eigenvalue weighted by atomic mass is 10.2. The summed E-state index contributed by atoms with van der Waals surface area (Å²) in [6.07, 6.45) is -5.63. The number of halogens is 5.